The lowest BCUT2D eigenvalue weighted by atomic mass is 9.91. The maximum absolute atomic E-state index is 7.02. The van der Waals surface area contributed by atoms with Crippen molar-refractivity contribution in [3.8, 4) is 56.0 Å². The summed E-state index contributed by atoms with van der Waals surface area (Å²) >= 11 is 0. The first-order valence-corrected chi connectivity index (χ1v) is 16.3. The minimum atomic E-state index is 0.830. The van der Waals surface area contributed by atoms with E-state index in [2.05, 4.69) is 193 Å². The smallest absolute Gasteiger partial charge is 0.159 e. The zero-order valence-corrected chi connectivity index (χ0v) is 26.3. The van der Waals surface area contributed by atoms with Gasteiger partial charge in [0.25, 0.3) is 0 Å². The molecule has 1 aliphatic rings. The molecule has 0 spiro atoms. The van der Waals surface area contributed by atoms with Crippen LogP contribution < -0.4 is 9.64 Å². The Kier molecular flexibility index (Phi) is 6.84. The van der Waals surface area contributed by atoms with E-state index < -0.39 is 0 Å². The second-order valence-corrected chi connectivity index (χ2v) is 12.2. The Hall–Kier alpha value is -6.38. The van der Waals surface area contributed by atoms with Crippen LogP contribution >= 0.6 is 0 Å². The van der Waals surface area contributed by atoms with Crippen molar-refractivity contribution in [3.05, 3.63) is 188 Å². The number of fused-ring (bicyclic) bond motifs is 6. The first kappa shape index (κ1) is 27.9. The fourth-order valence-corrected chi connectivity index (χ4v) is 6.90. The van der Waals surface area contributed by atoms with E-state index in [0.717, 1.165) is 50.8 Å². The van der Waals surface area contributed by atoms with E-state index in [9.17, 15) is 0 Å². The van der Waals surface area contributed by atoms with Gasteiger partial charge in [-0.2, -0.15) is 0 Å². The number of rotatable bonds is 5. The van der Waals surface area contributed by atoms with Crippen molar-refractivity contribution < 1.29 is 4.74 Å². The van der Waals surface area contributed by atoms with E-state index >= 15 is 0 Å². The Morgan fingerprint density at radius 1 is 0.333 bits per heavy atom. The lowest BCUT2D eigenvalue weighted by Gasteiger charge is -2.28. The summed E-state index contributed by atoms with van der Waals surface area (Å²) in [6.07, 6.45) is 0. The summed E-state index contributed by atoms with van der Waals surface area (Å²) in [6, 6.07) is 66.8. The first-order chi connectivity index (χ1) is 23.8. The number of para-hydroxylation sites is 2. The molecule has 8 aromatic carbocycles. The average molecular weight is 614 g/mol. The van der Waals surface area contributed by atoms with E-state index in [0.29, 0.717) is 0 Å². The number of anilines is 3. The monoisotopic (exact) mass is 613 g/mol. The van der Waals surface area contributed by atoms with Crippen LogP contribution in [0.25, 0.3) is 55.3 Å². The van der Waals surface area contributed by atoms with E-state index in [1.54, 1.807) is 0 Å². The van der Waals surface area contributed by atoms with Gasteiger partial charge < -0.3 is 9.64 Å². The summed E-state index contributed by atoms with van der Waals surface area (Å²) in [5, 5.41) is 2.40. The third-order valence-electron chi connectivity index (χ3n) is 9.27. The largest absolute Gasteiger partial charge is 0.454 e. The second-order valence-electron chi connectivity index (χ2n) is 12.2. The SMILES string of the molecule is c1ccc(-c2ccc(N(c3ccc4ccccc4c3)c3cccc4c3Oc3ccccc3-c3cc(-c5ccccc5)ccc3-4)cc2)cc1. The van der Waals surface area contributed by atoms with Crippen molar-refractivity contribution in [1.82, 2.24) is 0 Å². The molecule has 48 heavy (non-hydrogen) atoms. The lowest BCUT2D eigenvalue weighted by Crippen LogP contribution is -2.11. The summed E-state index contributed by atoms with van der Waals surface area (Å²) in [4.78, 5) is 2.33. The molecule has 2 nitrogen and oxygen atoms in total. The fraction of sp³-hybridized carbons (Fsp3) is 0. The average Bonchev–Trinajstić information content (AvgIpc) is 3.30. The molecule has 8 aromatic rings. The Bertz CT molecular complexity index is 2410. The van der Waals surface area contributed by atoms with Gasteiger partial charge in [-0.05, 0) is 86.6 Å². The van der Waals surface area contributed by atoms with Crippen molar-refractivity contribution >= 4 is 27.8 Å². The number of nitrogens with zero attached hydrogens (tertiary/aromatic N) is 1. The van der Waals surface area contributed by atoms with Crippen molar-refractivity contribution in [2.45, 2.75) is 0 Å². The van der Waals surface area contributed by atoms with Crippen LogP contribution in [0.2, 0.25) is 0 Å². The lowest BCUT2D eigenvalue weighted by molar-refractivity contribution is 0.489. The Morgan fingerprint density at radius 2 is 0.938 bits per heavy atom. The molecule has 0 radical (unpaired) electrons. The Morgan fingerprint density at radius 3 is 1.73 bits per heavy atom. The summed E-state index contributed by atoms with van der Waals surface area (Å²) < 4.78 is 7.02. The Labute approximate surface area is 280 Å². The van der Waals surface area contributed by atoms with Crippen molar-refractivity contribution in [2.75, 3.05) is 4.90 Å². The molecule has 1 aliphatic heterocycles. The van der Waals surface area contributed by atoms with E-state index in [4.69, 9.17) is 4.74 Å². The predicted molar refractivity (Wildman–Crippen MR) is 200 cm³/mol. The summed E-state index contributed by atoms with van der Waals surface area (Å²) in [5.41, 5.74) is 12.3. The highest BCUT2D eigenvalue weighted by Crippen LogP contribution is 2.53. The first-order valence-electron chi connectivity index (χ1n) is 16.3. The molecule has 226 valence electrons. The van der Waals surface area contributed by atoms with Crippen LogP contribution in [0, 0.1) is 0 Å². The van der Waals surface area contributed by atoms with Crippen molar-refractivity contribution in [1.29, 1.82) is 0 Å². The topological polar surface area (TPSA) is 12.5 Å². The molecule has 0 aromatic heterocycles. The van der Waals surface area contributed by atoms with Crippen LogP contribution in [0.15, 0.2) is 188 Å². The van der Waals surface area contributed by atoms with Crippen molar-refractivity contribution in [2.24, 2.45) is 0 Å². The van der Waals surface area contributed by atoms with Gasteiger partial charge in [-0.15, -0.1) is 0 Å². The van der Waals surface area contributed by atoms with Crippen LogP contribution in [0.4, 0.5) is 17.1 Å². The van der Waals surface area contributed by atoms with Gasteiger partial charge in [-0.3, -0.25) is 0 Å². The maximum atomic E-state index is 7.02. The van der Waals surface area contributed by atoms with E-state index in [1.807, 2.05) is 0 Å². The minimum Gasteiger partial charge on any atom is -0.454 e. The fourth-order valence-electron chi connectivity index (χ4n) is 6.90. The summed E-state index contributed by atoms with van der Waals surface area (Å²) in [5.74, 6) is 1.67. The van der Waals surface area contributed by atoms with Crippen LogP contribution in [0.1, 0.15) is 0 Å². The van der Waals surface area contributed by atoms with E-state index in [-0.39, 0.29) is 0 Å². The zero-order valence-electron chi connectivity index (χ0n) is 26.3. The molecular weight excluding hydrogens is 583 g/mol. The molecule has 0 fully saturated rings. The summed E-state index contributed by atoms with van der Waals surface area (Å²) in [7, 11) is 0. The van der Waals surface area contributed by atoms with E-state index in [1.165, 1.54) is 33.0 Å². The molecule has 0 N–H and O–H groups in total. The molecular formula is C46H31NO. The highest BCUT2D eigenvalue weighted by atomic mass is 16.5. The molecule has 2 heteroatoms. The van der Waals surface area contributed by atoms with Crippen LogP contribution in [0.5, 0.6) is 11.5 Å². The van der Waals surface area contributed by atoms with Gasteiger partial charge in [-0.1, -0.05) is 146 Å². The normalized spacial score (nSPS) is 11.5. The number of ether oxygens (including phenoxy) is 1. The standard InChI is InChI=1S/C46H31NO/c1-3-12-32(13-4-1)35-22-26-38(27-23-35)47(39-28-24-34-16-7-8-17-36(34)30-39)44-20-11-19-42-40-29-25-37(33-14-5-2-6-15-33)31-43(40)41-18-9-10-21-45(41)48-46(42)44/h1-31H. The van der Waals surface area contributed by atoms with Gasteiger partial charge in [0.1, 0.15) is 5.75 Å². The van der Waals surface area contributed by atoms with Gasteiger partial charge in [0.05, 0.1) is 5.69 Å². The quantitative estimate of drug-likeness (QED) is 0.191. The third kappa shape index (κ3) is 4.92. The minimum absolute atomic E-state index is 0.830. The van der Waals surface area contributed by atoms with Crippen LogP contribution in [-0.4, -0.2) is 0 Å². The van der Waals surface area contributed by atoms with Gasteiger partial charge >= 0.3 is 0 Å². The molecule has 0 saturated carbocycles. The molecule has 0 unspecified atom stereocenters. The molecule has 0 aliphatic carbocycles. The van der Waals surface area contributed by atoms with Crippen LogP contribution in [0.3, 0.4) is 0 Å². The molecule has 9 rings (SSSR count). The highest BCUT2D eigenvalue weighted by Gasteiger charge is 2.26. The van der Waals surface area contributed by atoms with Gasteiger partial charge in [0.2, 0.25) is 0 Å². The second kappa shape index (κ2) is 11.8. The zero-order chi connectivity index (χ0) is 31.9. The summed E-state index contributed by atoms with van der Waals surface area (Å²) in [6.45, 7) is 0. The molecule has 1 heterocycles. The number of benzene rings is 8. The van der Waals surface area contributed by atoms with Gasteiger partial charge in [-0.25, -0.2) is 0 Å². The predicted octanol–water partition coefficient (Wildman–Crippen LogP) is 13.1. The number of hydrogen-bond donors (Lipinski definition) is 0. The molecule has 0 amide bonds. The van der Waals surface area contributed by atoms with Crippen molar-refractivity contribution in [3.63, 3.8) is 0 Å². The number of hydrogen-bond acceptors (Lipinski definition) is 2. The molecule has 0 saturated heterocycles. The Balaban J connectivity index is 1.26. The van der Waals surface area contributed by atoms with Gasteiger partial charge in [0, 0.05) is 22.5 Å². The van der Waals surface area contributed by atoms with Gasteiger partial charge in [0.15, 0.2) is 5.75 Å². The maximum Gasteiger partial charge on any atom is 0.159 e. The molecule has 0 bridgehead atoms. The highest BCUT2D eigenvalue weighted by molar-refractivity contribution is 5.97. The molecule has 0 atom stereocenters. The van der Waals surface area contributed by atoms with Crippen LogP contribution in [-0.2, 0) is 0 Å². The third-order valence-corrected chi connectivity index (χ3v) is 9.27.